The van der Waals surface area contributed by atoms with Crippen molar-refractivity contribution in [3.05, 3.63) is 24.3 Å². The van der Waals surface area contributed by atoms with E-state index in [1.54, 1.807) is 24.3 Å². The smallest absolute Gasteiger partial charge is 0.311 e. The van der Waals surface area contributed by atoms with E-state index in [4.69, 9.17) is 9.47 Å². The standard InChI is InChI=1S/C32H46O6/c1-19(5-12-29(36)38-24-8-6-23(7-9-24)37-20(2)33)25-10-11-26-30-27(14-16-32(25,26)4)31(3)15-13-22(34)17-21(31)18-28(30)35/h6-9,19,21-22,25-28,30,34-35H,5,10-18H2,1-4H3/t19-,21+,22+,25-,26+,27+,28+,30+,31+,32-/m1/s1. The molecule has 0 amide bonds. The van der Waals surface area contributed by atoms with E-state index in [0.717, 1.165) is 32.1 Å². The zero-order valence-electron chi connectivity index (χ0n) is 23.5. The first-order valence-corrected chi connectivity index (χ1v) is 14.9. The van der Waals surface area contributed by atoms with E-state index < -0.39 is 0 Å². The van der Waals surface area contributed by atoms with Crippen molar-refractivity contribution >= 4 is 11.9 Å². The van der Waals surface area contributed by atoms with Crippen molar-refractivity contribution in [3.63, 3.8) is 0 Å². The van der Waals surface area contributed by atoms with E-state index in [1.165, 1.54) is 32.6 Å². The highest BCUT2D eigenvalue weighted by atomic mass is 16.5. The summed E-state index contributed by atoms with van der Waals surface area (Å²) < 4.78 is 10.6. The van der Waals surface area contributed by atoms with Crippen LogP contribution in [0, 0.1) is 46.3 Å². The van der Waals surface area contributed by atoms with Crippen LogP contribution >= 0.6 is 0 Å². The van der Waals surface area contributed by atoms with Gasteiger partial charge in [-0.3, -0.25) is 9.59 Å². The number of fused-ring (bicyclic) bond motifs is 5. The molecule has 2 N–H and O–H groups in total. The molecule has 0 heterocycles. The molecule has 38 heavy (non-hydrogen) atoms. The normalized spacial score (nSPS) is 40.8. The Morgan fingerprint density at radius 3 is 2.24 bits per heavy atom. The average molecular weight is 527 g/mol. The monoisotopic (exact) mass is 526 g/mol. The zero-order chi connectivity index (χ0) is 27.2. The number of hydrogen-bond acceptors (Lipinski definition) is 6. The summed E-state index contributed by atoms with van der Waals surface area (Å²) >= 11 is 0. The highest BCUT2D eigenvalue weighted by Gasteiger charge is 2.62. The molecule has 1 aromatic rings. The van der Waals surface area contributed by atoms with Crippen LogP contribution in [0.1, 0.15) is 91.9 Å². The maximum absolute atomic E-state index is 12.6. The molecule has 0 unspecified atom stereocenters. The van der Waals surface area contributed by atoms with Crippen LogP contribution in [0.5, 0.6) is 11.5 Å². The third-order valence-electron chi connectivity index (χ3n) is 11.5. The van der Waals surface area contributed by atoms with Gasteiger partial charge in [0, 0.05) is 13.3 Å². The molecule has 0 aromatic heterocycles. The highest BCUT2D eigenvalue weighted by Crippen LogP contribution is 2.68. The maximum atomic E-state index is 12.6. The number of ether oxygens (including phenoxy) is 2. The van der Waals surface area contributed by atoms with Crippen LogP contribution in [-0.4, -0.2) is 34.4 Å². The SMILES string of the molecule is CC(=O)Oc1ccc(OC(=O)CC[C@@H](C)[C@H]2CC[C@H]3[C@@H]4[C@@H](O)C[C@@H]5C[C@@H](O)CC[C@]5(C)[C@H]4CC[C@]23C)cc1. The van der Waals surface area contributed by atoms with Crippen molar-refractivity contribution in [2.45, 2.75) is 104 Å². The maximum Gasteiger partial charge on any atom is 0.311 e. The Bertz CT molecular complexity index is 1020. The highest BCUT2D eigenvalue weighted by molar-refractivity contribution is 5.72. The van der Waals surface area contributed by atoms with Crippen LogP contribution in [0.2, 0.25) is 0 Å². The first-order chi connectivity index (χ1) is 18.0. The van der Waals surface area contributed by atoms with Gasteiger partial charge in [-0.05, 0) is 128 Å². The second-order valence-corrected chi connectivity index (χ2v) is 13.5. The summed E-state index contributed by atoms with van der Waals surface area (Å²) in [5.41, 5.74) is 0.448. The lowest BCUT2D eigenvalue weighted by Gasteiger charge is -2.62. The van der Waals surface area contributed by atoms with Gasteiger partial charge in [-0.1, -0.05) is 20.8 Å². The second kappa shape index (κ2) is 10.6. The fraction of sp³-hybridized carbons (Fsp3) is 0.750. The molecule has 1 aromatic carbocycles. The van der Waals surface area contributed by atoms with E-state index in [9.17, 15) is 19.8 Å². The molecule has 0 radical (unpaired) electrons. The van der Waals surface area contributed by atoms with Gasteiger partial charge in [0.25, 0.3) is 0 Å². The summed E-state index contributed by atoms with van der Waals surface area (Å²) in [7, 11) is 0. The number of aliphatic hydroxyl groups is 2. The third-order valence-corrected chi connectivity index (χ3v) is 11.5. The topological polar surface area (TPSA) is 93.1 Å². The largest absolute Gasteiger partial charge is 0.427 e. The number of rotatable bonds is 6. The number of benzene rings is 1. The van der Waals surface area contributed by atoms with Crippen LogP contribution in [0.4, 0.5) is 0 Å². The zero-order valence-corrected chi connectivity index (χ0v) is 23.5. The molecule has 0 aliphatic heterocycles. The minimum Gasteiger partial charge on any atom is -0.427 e. The lowest BCUT2D eigenvalue weighted by molar-refractivity contribution is -0.174. The molecular formula is C32H46O6. The lowest BCUT2D eigenvalue weighted by Crippen LogP contribution is -2.58. The summed E-state index contributed by atoms with van der Waals surface area (Å²) in [4.78, 5) is 23.7. The first-order valence-electron chi connectivity index (χ1n) is 14.9. The van der Waals surface area contributed by atoms with Crippen LogP contribution in [0.3, 0.4) is 0 Å². The molecule has 4 fully saturated rings. The first kappa shape index (κ1) is 27.6. The number of carbonyl (C=O) groups is 2. The molecule has 0 bridgehead atoms. The van der Waals surface area contributed by atoms with Crippen molar-refractivity contribution < 1.29 is 29.3 Å². The molecule has 4 aliphatic rings. The molecule has 0 spiro atoms. The molecule has 5 rings (SSSR count). The fourth-order valence-electron chi connectivity index (χ4n) is 9.65. The van der Waals surface area contributed by atoms with Gasteiger partial charge in [-0.2, -0.15) is 0 Å². The second-order valence-electron chi connectivity index (χ2n) is 13.5. The Morgan fingerprint density at radius 2 is 1.55 bits per heavy atom. The van der Waals surface area contributed by atoms with Gasteiger partial charge in [-0.15, -0.1) is 0 Å². The van der Waals surface area contributed by atoms with Crippen molar-refractivity contribution in [2.75, 3.05) is 0 Å². The minimum atomic E-state index is -0.384. The van der Waals surface area contributed by atoms with Gasteiger partial charge in [-0.25, -0.2) is 0 Å². The van der Waals surface area contributed by atoms with Gasteiger partial charge in [0.2, 0.25) is 0 Å². The van der Waals surface area contributed by atoms with Crippen LogP contribution in [-0.2, 0) is 9.59 Å². The summed E-state index contributed by atoms with van der Waals surface area (Å²) in [6, 6.07) is 6.54. The summed E-state index contributed by atoms with van der Waals surface area (Å²) in [6.45, 7) is 8.57. The Hall–Kier alpha value is -1.92. The number of hydrogen-bond donors (Lipinski definition) is 2. The van der Waals surface area contributed by atoms with Crippen molar-refractivity contribution in [1.29, 1.82) is 0 Å². The molecule has 4 aliphatic carbocycles. The molecule has 6 nitrogen and oxygen atoms in total. The average Bonchev–Trinajstić information content (AvgIpc) is 3.22. The molecule has 0 saturated heterocycles. The number of carbonyl (C=O) groups excluding carboxylic acids is 2. The van der Waals surface area contributed by atoms with Gasteiger partial charge in [0.15, 0.2) is 0 Å². The summed E-state index contributed by atoms with van der Waals surface area (Å²) in [6.07, 6.45) is 9.11. The number of esters is 2. The lowest BCUT2D eigenvalue weighted by atomic mass is 9.43. The van der Waals surface area contributed by atoms with Gasteiger partial charge < -0.3 is 19.7 Å². The molecule has 10 atom stereocenters. The Kier molecular flexibility index (Phi) is 7.69. The van der Waals surface area contributed by atoms with Crippen LogP contribution in [0.25, 0.3) is 0 Å². The summed E-state index contributed by atoms with van der Waals surface area (Å²) in [5.74, 6) is 3.12. The predicted molar refractivity (Wildman–Crippen MR) is 144 cm³/mol. The van der Waals surface area contributed by atoms with Crippen molar-refractivity contribution in [3.8, 4) is 11.5 Å². The quantitative estimate of drug-likeness (QED) is 0.353. The van der Waals surface area contributed by atoms with Crippen molar-refractivity contribution in [1.82, 2.24) is 0 Å². The molecular weight excluding hydrogens is 480 g/mol. The van der Waals surface area contributed by atoms with E-state index in [-0.39, 0.29) is 35.0 Å². The van der Waals surface area contributed by atoms with E-state index >= 15 is 0 Å². The molecule has 210 valence electrons. The van der Waals surface area contributed by atoms with Gasteiger partial charge in [0.1, 0.15) is 11.5 Å². The summed E-state index contributed by atoms with van der Waals surface area (Å²) in [5, 5.41) is 21.8. The van der Waals surface area contributed by atoms with Gasteiger partial charge >= 0.3 is 11.9 Å². The van der Waals surface area contributed by atoms with E-state index in [2.05, 4.69) is 20.8 Å². The fourth-order valence-corrected chi connectivity index (χ4v) is 9.65. The molecule has 4 saturated carbocycles. The Balaban J connectivity index is 1.19. The van der Waals surface area contributed by atoms with Crippen molar-refractivity contribution in [2.24, 2.45) is 46.3 Å². The van der Waals surface area contributed by atoms with Gasteiger partial charge in [0.05, 0.1) is 12.2 Å². The van der Waals surface area contributed by atoms with Crippen LogP contribution < -0.4 is 9.47 Å². The predicted octanol–water partition coefficient (Wildman–Crippen LogP) is 5.92. The Morgan fingerprint density at radius 1 is 0.921 bits per heavy atom. The molecule has 6 heteroatoms. The third kappa shape index (κ3) is 5.03. The Labute approximate surface area is 227 Å². The number of aliphatic hydroxyl groups excluding tert-OH is 2. The van der Waals surface area contributed by atoms with E-state index in [1.807, 2.05) is 0 Å². The van der Waals surface area contributed by atoms with E-state index in [0.29, 0.717) is 53.4 Å². The van der Waals surface area contributed by atoms with Crippen LogP contribution in [0.15, 0.2) is 24.3 Å². The minimum absolute atomic E-state index is 0.200.